The van der Waals surface area contributed by atoms with Crippen molar-refractivity contribution < 1.29 is 9.84 Å². The SMILES string of the molecule is OCc1cccc(Br)c1OCc1cccc2ccccc12. The highest BCUT2D eigenvalue weighted by Gasteiger charge is 2.08. The lowest BCUT2D eigenvalue weighted by atomic mass is 10.1. The van der Waals surface area contributed by atoms with E-state index in [9.17, 15) is 5.11 Å². The minimum atomic E-state index is -0.0374. The third kappa shape index (κ3) is 2.94. The molecule has 0 saturated heterocycles. The number of para-hydroxylation sites is 1. The predicted molar refractivity (Wildman–Crippen MR) is 88.3 cm³/mol. The number of hydrogen-bond acceptors (Lipinski definition) is 2. The standard InChI is InChI=1S/C18H15BrO2/c19-17-10-4-7-14(11-20)18(17)21-12-15-8-3-6-13-5-1-2-9-16(13)15/h1-10,20H,11-12H2. The lowest BCUT2D eigenvalue weighted by molar-refractivity contribution is 0.258. The molecule has 0 saturated carbocycles. The summed E-state index contributed by atoms with van der Waals surface area (Å²) in [6, 6.07) is 20.1. The van der Waals surface area contributed by atoms with Crippen LogP contribution in [0.25, 0.3) is 10.8 Å². The number of fused-ring (bicyclic) bond motifs is 1. The van der Waals surface area contributed by atoms with Crippen molar-refractivity contribution in [2.24, 2.45) is 0 Å². The molecule has 0 aliphatic rings. The van der Waals surface area contributed by atoms with Gasteiger partial charge < -0.3 is 9.84 Å². The third-order valence-corrected chi connectivity index (χ3v) is 4.10. The topological polar surface area (TPSA) is 29.5 Å². The molecule has 0 heterocycles. The molecule has 0 radical (unpaired) electrons. The van der Waals surface area contributed by atoms with Crippen LogP contribution in [0.4, 0.5) is 0 Å². The van der Waals surface area contributed by atoms with Gasteiger partial charge in [0.05, 0.1) is 11.1 Å². The highest BCUT2D eigenvalue weighted by atomic mass is 79.9. The average Bonchev–Trinajstić information content (AvgIpc) is 2.53. The Morgan fingerprint density at radius 3 is 2.43 bits per heavy atom. The largest absolute Gasteiger partial charge is 0.487 e. The summed E-state index contributed by atoms with van der Waals surface area (Å²) in [6.45, 7) is 0.432. The summed E-state index contributed by atoms with van der Waals surface area (Å²) in [5, 5.41) is 11.8. The number of hydrogen-bond donors (Lipinski definition) is 1. The molecule has 0 atom stereocenters. The van der Waals surface area contributed by atoms with Gasteiger partial charge in [0.1, 0.15) is 12.4 Å². The quantitative estimate of drug-likeness (QED) is 0.746. The van der Waals surface area contributed by atoms with Crippen molar-refractivity contribution in [2.75, 3.05) is 0 Å². The summed E-state index contributed by atoms with van der Waals surface area (Å²) in [5.41, 5.74) is 1.91. The van der Waals surface area contributed by atoms with E-state index in [4.69, 9.17) is 4.74 Å². The smallest absolute Gasteiger partial charge is 0.139 e. The normalized spacial score (nSPS) is 10.8. The molecule has 0 aliphatic carbocycles. The summed E-state index contributed by atoms with van der Waals surface area (Å²) in [6.07, 6.45) is 0. The van der Waals surface area contributed by atoms with Crippen molar-refractivity contribution in [2.45, 2.75) is 13.2 Å². The second-order valence-electron chi connectivity index (χ2n) is 4.81. The summed E-state index contributed by atoms with van der Waals surface area (Å²) >= 11 is 3.48. The van der Waals surface area contributed by atoms with E-state index in [1.54, 1.807) is 0 Å². The maximum atomic E-state index is 9.41. The van der Waals surface area contributed by atoms with Gasteiger partial charge in [0.2, 0.25) is 0 Å². The molecule has 0 bridgehead atoms. The molecular formula is C18H15BrO2. The Bertz CT molecular complexity index is 763. The van der Waals surface area contributed by atoms with E-state index in [-0.39, 0.29) is 6.61 Å². The zero-order valence-electron chi connectivity index (χ0n) is 11.4. The molecule has 3 aromatic rings. The number of benzene rings is 3. The van der Waals surface area contributed by atoms with Gasteiger partial charge in [0.15, 0.2) is 0 Å². The molecule has 0 unspecified atom stereocenters. The van der Waals surface area contributed by atoms with Crippen molar-refractivity contribution in [3.8, 4) is 5.75 Å². The van der Waals surface area contributed by atoms with E-state index in [1.807, 2.05) is 36.4 Å². The fourth-order valence-corrected chi connectivity index (χ4v) is 2.93. The van der Waals surface area contributed by atoms with Crippen LogP contribution in [-0.2, 0) is 13.2 Å². The van der Waals surface area contributed by atoms with Crippen LogP contribution in [0.15, 0.2) is 65.1 Å². The number of ether oxygens (including phenoxy) is 1. The average molecular weight is 343 g/mol. The minimum absolute atomic E-state index is 0.0374. The van der Waals surface area contributed by atoms with E-state index in [2.05, 4.69) is 40.2 Å². The molecule has 0 amide bonds. The Labute approximate surface area is 132 Å². The zero-order chi connectivity index (χ0) is 14.7. The van der Waals surface area contributed by atoms with Crippen LogP contribution in [0, 0.1) is 0 Å². The van der Waals surface area contributed by atoms with Gasteiger partial charge in [-0.05, 0) is 38.3 Å². The molecule has 106 valence electrons. The molecule has 0 spiro atoms. The van der Waals surface area contributed by atoms with E-state index < -0.39 is 0 Å². The summed E-state index contributed by atoms with van der Waals surface area (Å²) in [4.78, 5) is 0. The molecule has 0 fully saturated rings. The Kier molecular flexibility index (Phi) is 4.23. The Hall–Kier alpha value is -1.84. The fourth-order valence-electron chi connectivity index (χ4n) is 2.41. The first-order chi connectivity index (χ1) is 10.3. The van der Waals surface area contributed by atoms with Crippen LogP contribution >= 0.6 is 15.9 Å². The zero-order valence-corrected chi connectivity index (χ0v) is 13.0. The molecule has 21 heavy (non-hydrogen) atoms. The van der Waals surface area contributed by atoms with Crippen molar-refractivity contribution >= 4 is 26.7 Å². The van der Waals surface area contributed by atoms with Crippen LogP contribution in [0.3, 0.4) is 0 Å². The van der Waals surface area contributed by atoms with Crippen LogP contribution in [0.2, 0.25) is 0 Å². The lowest BCUT2D eigenvalue weighted by Crippen LogP contribution is -2.00. The van der Waals surface area contributed by atoms with Crippen molar-refractivity contribution in [3.63, 3.8) is 0 Å². The molecular weight excluding hydrogens is 328 g/mol. The maximum Gasteiger partial charge on any atom is 0.139 e. The van der Waals surface area contributed by atoms with Crippen molar-refractivity contribution in [3.05, 3.63) is 76.3 Å². The van der Waals surface area contributed by atoms with Crippen LogP contribution in [0.5, 0.6) is 5.75 Å². The van der Waals surface area contributed by atoms with Gasteiger partial charge in [-0.2, -0.15) is 0 Å². The predicted octanol–water partition coefficient (Wildman–Crippen LogP) is 4.67. The molecule has 3 heteroatoms. The number of halogens is 1. The van der Waals surface area contributed by atoms with Crippen LogP contribution in [-0.4, -0.2) is 5.11 Å². The first-order valence-electron chi connectivity index (χ1n) is 6.77. The Balaban J connectivity index is 1.91. The van der Waals surface area contributed by atoms with E-state index >= 15 is 0 Å². The van der Waals surface area contributed by atoms with Gasteiger partial charge in [-0.15, -0.1) is 0 Å². The Morgan fingerprint density at radius 2 is 1.57 bits per heavy atom. The van der Waals surface area contributed by atoms with Gasteiger partial charge in [0, 0.05) is 5.56 Å². The fraction of sp³-hybridized carbons (Fsp3) is 0.111. The summed E-state index contributed by atoms with van der Waals surface area (Å²) in [5.74, 6) is 0.702. The molecule has 3 rings (SSSR count). The number of aliphatic hydroxyl groups is 1. The lowest BCUT2D eigenvalue weighted by Gasteiger charge is -2.13. The van der Waals surface area contributed by atoms with Gasteiger partial charge in [-0.1, -0.05) is 54.6 Å². The van der Waals surface area contributed by atoms with E-state index in [0.29, 0.717) is 12.4 Å². The van der Waals surface area contributed by atoms with Crippen molar-refractivity contribution in [1.82, 2.24) is 0 Å². The van der Waals surface area contributed by atoms with Gasteiger partial charge in [0.25, 0.3) is 0 Å². The second-order valence-corrected chi connectivity index (χ2v) is 5.67. The van der Waals surface area contributed by atoms with E-state index in [1.165, 1.54) is 10.8 Å². The summed E-state index contributed by atoms with van der Waals surface area (Å²) in [7, 11) is 0. The number of rotatable bonds is 4. The molecule has 3 aromatic carbocycles. The van der Waals surface area contributed by atoms with Gasteiger partial charge in [-0.25, -0.2) is 0 Å². The Morgan fingerprint density at radius 1 is 0.857 bits per heavy atom. The minimum Gasteiger partial charge on any atom is -0.487 e. The highest BCUT2D eigenvalue weighted by Crippen LogP contribution is 2.30. The van der Waals surface area contributed by atoms with Gasteiger partial charge in [-0.3, -0.25) is 0 Å². The first-order valence-corrected chi connectivity index (χ1v) is 7.56. The molecule has 1 N–H and O–H groups in total. The number of aliphatic hydroxyl groups excluding tert-OH is 1. The van der Waals surface area contributed by atoms with Gasteiger partial charge >= 0.3 is 0 Å². The van der Waals surface area contributed by atoms with Crippen LogP contribution < -0.4 is 4.74 Å². The molecule has 0 aliphatic heterocycles. The first kappa shape index (κ1) is 14.1. The summed E-state index contributed by atoms with van der Waals surface area (Å²) < 4.78 is 6.80. The monoisotopic (exact) mass is 342 g/mol. The third-order valence-electron chi connectivity index (χ3n) is 3.47. The van der Waals surface area contributed by atoms with Crippen LogP contribution in [0.1, 0.15) is 11.1 Å². The van der Waals surface area contributed by atoms with E-state index in [0.717, 1.165) is 15.6 Å². The second kappa shape index (κ2) is 6.29. The highest BCUT2D eigenvalue weighted by molar-refractivity contribution is 9.10. The molecule has 0 aromatic heterocycles. The molecule has 2 nitrogen and oxygen atoms in total. The van der Waals surface area contributed by atoms with Crippen molar-refractivity contribution in [1.29, 1.82) is 0 Å². The maximum absolute atomic E-state index is 9.41.